The Bertz CT molecular complexity index is 94.9. The van der Waals surface area contributed by atoms with Crippen LogP contribution in [-0.4, -0.2) is 66.4 Å². The molecule has 0 saturated heterocycles. The SMILES string of the molecule is O=S(=O)([O-])[O-].[Ba+2].[Ce+3]. The molecule has 0 fully saturated rings. The van der Waals surface area contributed by atoms with E-state index in [1.807, 2.05) is 0 Å². The van der Waals surface area contributed by atoms with Crippen LogP contribution in [0.15, 0.2) is 0 Å². The zero-order valence-corrected chi connectivity index (χ0v) is 11.6. The van der Waals surface area contributed by atoms with E-state index in [2.05, 4.69) is 0 Å². The summed E-state index contributed by atoms with van der Waals surface area (Å²) in [6, 6.07) is 0. The van der Waals surface area contributed by atoms with E-state index in [0.29, 0.717) is 0 Å². The van der Waals surface area contributed by atoms with Crippen molar-refractivity contribution >= 4 is 59.3 Å². The second-order valence-corrected chi connectivity index (χ2v) is 1.22. The summed E-state index contributed by atoms with van der Waals surface area (Å²) < 4.78 is 34.1. The van der Waals surface area contributed by atoms with Crippen molar-refractivity contribution in [2.75, 3.05) is 0 Å². The van der Waals surface area contributed by atoms with Crippen LogP contribution in [0.4, 0.5) is 0 Å². The molecule has 0 spiro atoms. The fraction of sp³-hybridized carbons (Fsp3) is 0. The molecule has 1 radical (unpaired) electrons. The van der Waals surface area contributed by atoms with Gasteiger partial charge in [0.1, 0.15) is 0 Å². The topological polar surface area (TPSA) is 80.3 Å². The van der Waals surface area contributed by atoms with Crippen molar-refractivity contribution in [2.45, 2.75) is 0 Å². The Hall–Kier alpha value is 2.82. The molecular formula is BaCeO4S+3. The van der Waals surface area contributed by atoms with Gasteiger partial charge in [0.15, 0.2) is 0 Å². The van der Waals surface area contributed by atoms with Crippen LogP contribution in [0.25, 0.3) is 0 Å². The molecule has 0 bridgehead atoms. The maximum Gasteiger partial charge on any atom is 3.00 e. The van der Waals surface area contributed by atoms with E-state index >= 15 is 0 Å². The predicted molar refractivity (Wildman–Crippen MR) is 16.2 cm³/mol. The first kappa shape index (κ1) is 16.4. The van der Waals surface area contributed by atoms with Crippen molar-refractivity contribution < 1.29 is 59.3 Å². The Labute approximate surface area is 115 Å². The van der Waals surface area contributed by atoms with E-state index < -0.39 is 10.4 Å². The zero-order valence-electron chi connectivity index (χ0n) is 3.25. The van der Waals surface area contributed by atoms with Crippen LogP contribution in [0.5, 0.6) is 0 Å². The van der Waals surface area contributed by atoms with Crippen LogP contribution in [0.3, 0.4) is 0 Å². The van der Waals surface area contributed by atoms with Gasteiger partial charge in [0.25, 0.3) is 0 Å². The molecule has 0 aliphatic rings. The molecule has 0 aromatic rings. The van der Waals surface area contributed by atoms with E-state index in [4.69, 9.17) is 17.5 Å². The predicted octanol–water partition coefficient (Wildman–Crippen LogP) is -1.72. The molecule has 0 aliphatic carbocycles. The molecule has 7 heavy (non-hydrogen) atoms. The average Bonchev–Trinajstić information content (AvgIpc) is 0.722. The fourth-order valence-corrected chi connectivity index (χ4v) is 0. The molecule has 33 valence electrons. The van der Waals surface area contributed by atoms with E-state index in [0.717, 1.165) is 0 Å². The summed E-state index contributed by atoms with van der Waals surface area (Å²) in [5.41, 5.74) is 0. The molecule has 4 nitrogen and oxygen atoms in total. The normalized spacial score (nSPS) is 8.29. The van der Waals surface area contributed by atoms with Crippen molar-refractivity contribution in [3.05, 3.63) is 0 Å². The first-order chi connectivity index (χ1) is 2.00. The second kappa shape index (κ2) is 6.93. The Morgan fingerprint density at radius 1 is 1.14 bits per heavy atom. The van der Waals surface area contributed by atoms with Gasteiger partial charge in [-0.15, -0.1) is 0 Å². The summed E-state index contributed by atoms with van der Waals surface area (Å²) >= 11 is 0. The zero-order chi connectivity index (χ0) is 4.50. The maximum absolute atomic E-state index is 8.52. The van der Waals surface area contributed by atoms with Gasteiger partial charge in [-0.2, -0.15) is 0 Å². The van der Waals surface area contributed by atoms with Gasteiger partial charge in [-0.3, -0.25) is 8.42 Å². The molecule has 0 atom stereocenters. The molecule has 0 aliphatic heterocycles. The molecule has 0 aromatic heterocycles. The number of hydrogen-bond acceptors (Lipinski definition) is 4. The van der Waals surface area contributed by atoms with Crippen molar-refractivity contribution in [1.82, 2.24) is 0 Å². The summed E-state index contributed by atoms with van der Waals surface area (Å²) in [5, 5.41) is 0. The summed E-state index contributed by atoms with van der Waals surface area (Å²) in [4.78, 5) is 0. The van der Waals surface area contributed by atoms with Crippen LogP contribution in [0.2, 0.25) is 0 Å². The minimum atomic E-state index is -5.17. The third-order valence-corrected chi connectivity index (χ3v) is 0. The molecule has 0 N–H and O–H groups in total. The van der Waals surface area contributed by atoms with Gasteiger partial charge in [-0.1, -0.05) is 0 Å². The van der Waals surface area contributed by atoms with Crippen LogP contribution < -0.4 is 0 Å². The summed E-state index contributed by atoms with van der Waals surface area (Å²) in [6.07, 6.45) is 0. The average molecular weight is 374 g/mol. The first-order valence-corrected chi connectivity index (χ1v) is 2.00. The summed E-state index contributed by atoms with van der Waals surface area (Å²) in [5.74, 6) is 0. The Kier molecular flexibility index (Phi) is 16.3. The molecule has 7 heteroatoms. The Morgan fingerprint density at radius 2 is 1.14 bits per heavy atom. The Balaban J connectivity index is -0.0000000800. The molecule has 0 amide bonds. The smallest absolute Gasteiger partial charge is 0.759 e. The quantitative estimate of drug-likeness (QED) is 0.287. The van der Waals surface area contributed by atoms with Gasteiger partial charge in [0.2, 0.25) is 0 Å². The van der Waals surface area contributed by atoms with Gasteiger partial charge in [0.05, 0.1) is 0 Å². The molecule has 0 unspecified atom stereocenters. The largest absolute Gasteiger partial charge is 3.00 e. The van der Waals surface area contributed by atoms with Crippen LogP contribution in [-0.2, 0) is 10.4 Å². The molecule has 0 saturated carbocycles. The molecule has 0 aromatic carbocycles. The van der Waals surface area contributed by atoms with Crippen molar-refractivity contribution in [1.29, 1.82) is 0 Å². The molecule has 0 heterocycles. The third-order valence-electron chi connectivity index (χ3n) is 0. The second-order valence-electron chi connectivity index (χ2n) is 0.408. The summed E-state index contributed by atoms with van der Waals surface area (Å²) in [6.45, 7) is 0. The maximum atomic E-state index is 8.52. The minimum Gasteiger partial charge on any atom is -0.759 e. The van der Waals surface area contributed by atoms with Crippen molar-refractivity contribution in [2.24, 2.45) is 0 Å². The number of rotatable bonds is 0. The standard InChI is InChI=1S/Ba.Ce.H2O4S/c;;1-5(2,3)4/h;;(H2,1,2,3,4)/q+2;+3;/p-2. The van der Waals surface area contributed by atoms with Crippen molar-refractivity contribution in [3.8, 4) is 0 Å². The monoisotopic (exact) mass is 374 g/mol. The van der Waals surface area contributed by atoms with Crippen molar-refractivity contribution in [3.63, 3.8) is 0 Å². The fourth-order valence-electron chi connectivity index (χ4n) is 0. The van der Waals surface area contributed by atoms with E-state index in [9.17, 15) is 0 Å². The third kappa shape index (κ3) is 51.6. The Morgan fingerprint density at radius 3 is 1.14 bits per heavy atom. The first-order valence-electron chi connectivity index (χ1n) is 0.667. The van der Waals surface area contributed by atoms with E-state index in [1.54, 1.807) is 0 Å². The molecular weight excluding hydrogens is 374 g/mol. The van der Waals surface area contributed by atoms with Gasteiger partial charge >= 0.3 is 90.6 Å². The van der Waals surface area contributed by atoms with Gasteiger partial charge in [-0.25, -0.2) is 0 Å². The van der Waals surface area contributed by atoms with Gasteiger partial charge in [-0.05, 0) is 0 Å². The van der Waals surface area contributed by atoms with Crippen LogP contribution in [0, 0.1) is 41.7 Å². The number of hydrogen-bond donors (Lipinski definition) is 0. The minimum absolute atomic E-state index is 0. The van der Waals surface area contributed by atoms with Gasteiger partial charge < -0.3 is 9.11 Å². The summed E-state index contributed by atoms with van der Waals surface area (Å²) in [7, 11) is -5.17. The van der Waals surface area contributed by atoms with Crippen LogP contribution >= 0.6 is 0 Å². The van der Waals surface area contributed by atoms with E-state index in [-0.39, 0.29) is 90.6 Å². The van der Waals surface area contributed by atoms with E-state index in [1.165, 1.54) is 0 Å². The van der Waals surface area contributed by atoms with Crippen LogP contribution in [0.1, 0.15) is 0 Å². The molecule has 0 rings (SSSR count). The van der Waals surface area contributed by atoms with Gasteiger partial charge in [0, 0.05) is 10.4 Å².